The van der Waals surface area contributed by atoms with Crippen molar-refractivity contribution < 1.29 is 12.8 Å². The van der Waals surface area contributed by atoms with Crippen LogP contribution in [0.4, 0.5) is 4.39 Å². The Bertz CT molecular complexity index is 533. The van der Waals surface area contributed by atoms with Gasteiger partial charge in [0.25, 0.3) is 0 Å². The van der Waals surface area contributed by atoms with Crippen LogP contribution < -0.4 is 5.73 Å². The van der Waals surface area contributed by atoms with E-state index in [0.717, 1.165) is 12.5 Å². The van der Waals surface area contributed by atoms with Gasteiger partial charge in [0.15, 0.2) is 0 Å². The van der Waals surface area contributed by atoms with Crippen molar-refractivity contribution in [1.82, 2.24) is 4.31 Å². The zero-order valence-corrected chi connectivity index (χ0v) is 11.0. The van der Waals surface area contributed by atoms with Crippen LogP contribution in [0.1, 0.15) is 13.3 Å². The van der Waals surface area contributed by atoms with Crippen molar-refractivity contribution in [2.24, 2.45) is 11.7 Å². The number of sulfonamides is 1. The molecule has 1 saturated heterocycles. The molecule has 2 unspecified atom stereocenters. The van der Waals surface area contributed by atoms with E-state index in [1.165, 1.54) is 22.5 Å². The van der Waals surface area contributed by atoms with Gasteiger partial charge in [-0.2, -0.15) is 4.31 Å². The monoisotopic (exact) mass is 272 g/mol. The van der Waals surface area contributed by atoms with Crippen molar-refractivity contribution >= 4 is 10.0 Å². The van der Waals surface area contributed by atoms with E-state index in [4.69, 9.17) is 5.73 Å². The molecule has 2 N–H and O–H groups in total. The smallest absolute Gasteiger partial charge is 0.243 e. The Morgan fingerprint density at radius 3 is 2.78 bits per heavy atom. The summed E-state index contributed by atoms with van der Waals surface area (Å²) in [5.74, 6) is -0.360. The lowest BCUT2D eigenvalue weighted by molar-refractivity contribution is 0.404. The Morgan fingerprint density at radius 2 is 2.22 bits per heavy atom. The molecule has 1 aromatic carbocycles. The minimum Gasteiger partial charge on any atom is -0.330 e. The first-order valence-corrected chi connectivity index (χ1v) is 7.36. The van der Waals surface area contributed by atoms with Crippen LogP contribution in [0, 0.1) is 11.7 Å². The van der Waals surface area contributed by atoms with Gasteiger partial charge >= 0.3 is 0 Å². The fourth-order valence-electron chi connectivity index (χ4n) is 2.38. The van der Waals surface area contributed by atoms with Gasteiger partial charge in [-0.05, 0) is 44.0 Å². The molecule has 0 bridgehead atoms. The molecule has 18 heavy (non-hydrogen) atoms. The van der Waals surface area contributed by atoms with E-state index in [1.54, 1.807) is 0 Å². The summed E-state index contributed by atoms with van der Waals surface area (Å²) in [5.41, 5.74) is 5.58. The van der Waals surface area contributed by atoms with Crippen molar-refractivity contribution in [3.63, 3.8) is 0 Å². The van der Waals surface area contributed by atoms with Gasteiger partial charge in [-0.1, -0.05) is 6.07 Å². The second-order valence-electron chi connectivity index (χ2n) is 4.72. The predicted molar refractivity (Wildman–Crippen MR) is 66.9 cm³/mol. The van der Waals surface area contributed by atoms with Gasteiger partial charge in [-0.3, -0.25) is 0 Å². The number of hydrogen-bond donors (Lipinski definition) is 1. The second kappa shape index (κ2) is 4.95. The van der Waals surface area contributed by atoms with Crippen LogP contribution in [0.3, 0.4) is 0 Å². The molecule has 2 rings (SSSR count). The summed E-state index contributed by atoms with van der Waals surface area (Å²) in [5, 5.41) is 0. The standard InChI is InChI=1S/C12H17FN2O2S/c1-9-5-10(7-14)8-15(9)18(16,17)12-4-2-3-11(13)6-12/h2-4,6,9-10H,5,7-8,14H2,1H3. The number of halogens is 1. The average Bonchev–Trinajstić information content (AvgIpc) is 2.71. The maximum atomic E-state index is 13.1. The molecule has 0 spiro atoms. The second-order valence-corrected chi connectivity index (χ2v) is 6.61. The highest BCUT2D eigenvalue weighted by atomic mass is 32.2. The lowest BCUT2D eigenvalue weighted by Crippen LogP contribution is -2.34. The largest absolute Gasteiger partial charge is 0.330 e. The molecule has 1 fully saturated rings. The minimum absolute atomic E-state index is 0.00650. The van der Waals surface area contributed by atoms with Crippen molar-refractivity contribution in [2.75, 3.05) is 13.1 Å². The molecule has 0 radical (unpaired) electrons. The molecule has 1 heterocycles. The van der Waals surface area contributed by atoms with Crippen LogP contribution in [-0.4, -0.2) is 31.9 Å². The molecule has 100 valence electrons. The zero-order chi connectivity index (χ0) is 13.3. The summed E-state index contributed by atoms with van der Waals surface area (Å²) in [4.78, 5) is 0.00650. The van der Waals surface area contributed by atoms with Gasteiger partial charge in [0.2, 0.25) is 10.0 Å². The Hall–Kier alpha value is -0.980. The molecule has 1 aliphatic rings. The van der Waals surface area contributed by atoms with Crippen LogP contribution in [0.5, 0.6) is 0 Å². The highest BCUT2D eigenvalue weighted by molar-refractivity contribution is 7.89. The fourth-order valence-corrected chi connectivity index (χ4v) is 4.13. The normalized spacial score (nSPS) is 25.5. The molecule has 0 aromatic heterocycles. The summed E-state index contributed by atoms with van der Waals surface area (Å²) < 4.78 is 39.3. The third-order valence-corrected chi connectivity index (χ3v) is 5.32. The molecule has 1 aliphatic heterocycles. The van der Waals surface area contributed by atoms with Gasteiger partial charge in [0, 0.05) is 12.6 Å². The molecule has 0 aliphatic carbocycles. The molecule has 4 nitrogen and oxygen atoms in total. The van der Waals surface area contributed by atoms with Crippen molar-refractivity contribution in [2.45, 2.75) is 24.3 Å². The molecular formula is C12H17FN2O2S. The molecule has 0 saturated carbocycles. The van der Waals surface area contributed by atoms with Crippen molar-refractivity contribution in [1.29, 1.82) is 0 Å². The number of nitrogens with zero attached hydrogens (tertiary/aromatic N) is 1. The number of rotatable bonds is 3. The fraction of sp³-hybridized carbons (Fsp3) is 0.500. The molecule has 6 heteroatoms. The number of nitrogens with two attached hydrogens (primary N) is 1. The summed E-state index contributed by atoms with van der Waals surface area (Å²) in [6.07, 6.45) is 0.755. The SMILES string of the molecule is CC1CC(CN)CN1S(=O)(=O)c1cccc(F)c1. The topological polar surface area (TPSA) is 63.4 Å². The van der Waals surface area contributed by atoms with E-state index in [1.807, 2.05) is 6.92 Å². The third-order valence-electron chi connectivity index (χ3n) is 3.34. The minimum atomic E-state index is -3.62. The molecular weight excluding hydrogens is 255 g/mol. The average molecular weight is 272 g/mol. The molecule has 0 amide bonds. The van der Waals surface area contributed by atoms with Crippen molar-refractivity contribution in [3.8, 4) is 0 Å². The van der Waals surface area contributed by atoms with Crippen LogP contribution in [-0.2, 0) is 10.0 Å². The molecule has 1 aromatic rings. The maximum Gasteiger partial charge on any atom is 0.243 e. The van der Waals surface area contributed by atoms with E-state index in [0.29, 0.717) is 13.1 Å². The first-order valence-electron chi connectivity index (χ1n) is 5.92. The van der Waals surface area contributed by atoms with E-state index in [2.05, 4.69) is 0 Å². The van der Waals surface area contributed by atoms with Gasteiger partial charge in [-0.15, -0.1) is 0 Å². The quantitative estimate of drug-likeness (QED) is 0.898. The Morgan fingerprint density at radius 1 is 1.50 bits per heavy atom. The van der Waals surface area contributed by atoms with Gasteiger partial charge < -0.3 is 5.73 Å². The lowest BCUT2D eigenvalue weighted by Gasteiger charge is -2.21. The van der Waals surface area contributed by atoms with Gasteiger partial charge in [-0.25, -0.2) is 12.8 Å². The summed E-state index contributed by atoms with van der Waals surface area (Å²) in [6, 6.07) is 5.02. The Kier molecular flexibility index (Phi) is 3.70. The van der Waals surface area contributed by atoms with E-state index in [9.17, 15) is 12.8 Å². The first-order chi connectivity index (χ1) is 8.45. The highest BCUT2D eigenvalue weighted by Gasteiger charge is 2.37. The number of hydrogen-bond acceptors (Lipinski definition) is 3. The van der Waals surface area contributed by atoms with Gasteiger partial charge in [0.05, 0.1) is 4.90 Å². The molecule has 2 atom stereocenters. The van der Waals surface area contributed by atoms with E-state index < -0.39 is 15.8 Å². The van der Waals surface area contributed by atoms with E-state index >= 15 is 0 Å². The predicted octanol–water partition coefficient (Wildman–Crippen LogP) is 1.18. The van der Waals surface area contributed by atoms with Crippen LogP contribution in [0.15, 0.2) is 29.2 Å². The summed E-state index contributed by atoms with van der Waals surface area (Å²) in [6.45, 7) is 2.74. The highest BCUT2D eigenvalue weighted by Crippen LogP contribution is 2.28. The Labute approximate surface area is 107 Å². The van der Waals surface area contributed by atoms with Crippen LogP contribution >= 0.6 is 0 Å². The zero-order valence-electron chi connectivity index (χ0n) is 10.2. The third kappa shape index (κ3) is 2.41. The number of benzene rings is 1. The Balaban J connectivity index is 2.32. The lowest BCUT2D eigenvalue weighted by atomic mass is 10.1. The maximum absolute atomic E-state index is 13.1. The van der Waals surface area contributed by atoms with Crippen LogP contribution in [0.25, 0.3) is 0 Å². The summed E-state index contributed by atoms with van der Waals surface area (Å²) >= 11 is 0. The first kappa shape index (κ1) is 13.5. The van der Waals surface area contributed by atoms with Crippen molar-refractivity contribution in [3.05, 3.63) is 30.1 Å². The van der Waals surface area contributed by atoms with Crippen LogP contribution in [0.2, 0.25) is 0 Å². The summed E-state index contributed by atoms with van der Waals surface area (Å²) in [7, 11) is -3.62. The van der Waals surface area contributed by atoms with Gasteiger partial charge in [0.1, 0.15) is 5.82 Å². The van der Waals surface area contributed by atoms with E-state index in [-0.39, 0.29) is 16.9 Å².